The van der Waals surface area contributed by atoms with Gasteiger partial charge in [-0.05, 0) is 0 Å². The molecule has 0 saturated carbocycles. The Morgan fingerprint density at radius 3 is 2.20 bits per heavy atom. The van der Waals surface area contributed by atoms with Gasteiger partial charge in [0.05, 0.1) is 0 Å². The molecule has 0 atom stereocenters. The Morgan fingerprint density at radius 2 is 2.20 bits per heavy atom. The second kappa shape index (κ2) is 2.28. The number of carbonyl (C=O) groups is 1. The third kappa shape index (κ3) is 4.03. The van der Waals surface area contributed by atoms with E-state index in [1.54, 1.807) is 17.2 Å². The summed E-state index contributed by atoms with van der Waals surface area (Å²) in [5, 5.41) is 0. The summed E-state index contributed by atoms with van der Waals surface area (Å²) in [6, 6.07) is 0. The molecule has 0 aromatic carbocycles. The molecule has 2 radical (unpaired) electrons. The summed E-state index contributed by atoms with van der Waals surface area (Å²) in [4.78, 5) is 9.57. The van der Waals surface area contributed by atoms with Crippen LogP contribution in [-0.2, 0) is 8.52 Å². The minimum atomic E-state index is -0.273. The molecule has 0 aliphatic rings. The van der Waals surface area contributed by atoms with E-state index in [9.17, 15) is 4.79 Å². The second-order valence-electron chi connectivity index (χ2n) is 0.583. The van der Waals surface area contributed by atoms with E-state index in [2.05, 4.69) is 3.73 Å². The van der Waals surface area contributed by atoms with Gasteiger partial charge in [0.15, 0.2) is 0 Å². The van der Waals surface area contributed by atoms with E-state index in [1.807, 2.05) is 0 Å². The van der Waals surface area contributed by atoms with Crippen LogP contribution in [0.2, 0.25) is 0 Å². The van der Waals surface area contributed by atoms with Gasteiger partial charge in [-0.1, -0.05) is 0 Å². The summed E-state index contributed by atoms with van der Waals surface area (Å²) < 4.78 is 4.05. The van der Waals surface area contributed by atoms with E-state index in [0.717, 1.165) is 0 Å². The number of rotatable bonds is 0. The molecule has 0 N–H and O–H groups in total. The summed E-state index contributed by atoms with van der Waals surface area (Å²) in [5.74, 6) is -0.273. The first kappa shape index (κ1) is 5.03. The Bertz CT molecular complexity index is 42.9. The third-order valence-corrected chi connectivity index (χ3v) is 0.668. The van der Waals surface area contributed by atoms with Gasteiger partial charge < -0.3 is 0 Å². The molecular weight excluding hydrogens is 131 g/mol. The molecule has 28 valence electrons. The molecule has 0 spiro atoms. The van der Waals surface area contributed by atoms with Crippen molar-refractivity contribution in [1.82, 2.24) is 0 Å². The number of hydrogen-bond acceptors (Lipinski definition) is 2. The van der Waals surface area contributed by atoms with Crippen molar-refractivity contribution in [3.05, 3.63) is 0 Å². The first-order chi connectivity index (χ1) is 2.27. The van der Waals surface area contributed by atoms with E-state index >= 15 is 0 Å². The zero-order valence-electron chi connectivity index (χ0n) is 2.76. The maximum absolute atomic E-state index is 9.57. The average molecular weight is 134 g/mol. The second-order valence-corrected chi connectivity index (χ2v) is 0.966. The predicted octanol–water partition coefficient (Wildman–Crippen LogP) is -0.367. The van der Waals surface area contributed by atoms with Crippen LogP contribution in [0.25, 0.3) is 0 Å². The summed E-state index contributed by atoms with van der Waals surface area (Å²) in [6.07, 6.45) is 0. The molecule has 0 fully saturated rings. The predicted molar refractivity (Wildman–Crippen MR) is 17.5 cm³/mol. The molecule has 0 aromatic heterocycles. The fourth-order valence-electron chi connectivity index (χ4n) is 0. The molecule has 5 heavy (non-hydrogen) atoms. The van der Waals surface area contributed by atoms with Gasteiger partial charge in [0, 0.05) is 0 Å². The minimum absolute atomic E-state index is 0.273. The fraction of sp³-hybridized carbons (Fsp3) is 0.500. The van der Waals surface area contributed by atoms with E-state index in [0.29, 0.717) is 0 Å². The van der Waals surface area contributed by atoms with Crippen LogP contribution in [0, 0.1) is 0 Å². The van der Waals surface area contributed by atoms with Gasteiger partial charge in [0.25, 0.3) is 0 Å². The summed E-state index contributed by atoms with van der Waals surface area (Å²) in [7, 11) is 0. The van der Waals surface area contributed by atoms with Crippen molar-refractivity contribution < 1.29 is 8.52 Å². The van der Waals surface area contributed by atoms with Crippen molar-refractivity contribution in [2.45, 2.75) is 6.92 Å². The van der Waals surface area contributed by atoms with Crippen molar-refractivity contribution in [2.24, 2.45) is 0 Å². The molecule has 0 aromatic rings. The molecule has 2 nitrogen and oxygen atoms in total. The summed E-state index contributed by atoms with van der Waals surface area (Å²) in [6.45, 7) is 1.35. The van der Waals surface area contributed by atoms with Crippen LogP contribution in [0.1, 0.15) is 6.92 Å². The maximum atomic E-state index is 9.57. The molecular formula is C2H3AsO2. The molecule has 0 amide bonds. The molecule has 0 heterocycles. The van der Waals surface area contributed by atoms with Crippen molar-refractivity contribution in [1.29, 1.82) is 0 Å². The zero-order chi connectivity index (χ0) is 4.28. The van der Waals surface area contributed by atoms with E-state index < -0.39 is 0 Å². The van der Waals surface area contributed by atoms with Crippen LogP contribution in [0.15, 0.2) is 0 Å². The van der Waals surface area contributed by atoms with Gasteiger partial charge in [0.2, 0.25) is 0 Å². The quantitative estimate of drug-likeness (QED) is 0.422. The fourth-order valence-corrected chi connectivity index (χ4v) is 0. The Balaban J connectivity index is 2.85. The SMILES string of the molecule is CC(=O)O[As]. The standard InChI is InChI=1S/C2H3AsO2/c1-2(4)5-3/h1H3. The van der Waals surface area contributed by atoms with Crippen LogP contribution in [0.3, 0.4) is 0 Å². The van der Waals surface area contributed by atoms with E-state index in [1.165, 1.54) is 6.92 Å². The van der Waals surface area contributed by atoms with Crippen molar-refractivity contribution >= 4 is 23.2 Å². The molecule has 3 heteroatoms. The monoisotopic (exact) mass is 134 g/mol. The topological polar surface area (TPSA) is 26.3 Å². The molecule has 0 saturated heterocycles. The molecule has 0 aliphatic heterocycles. The Kier molecular flexibility index (Phi) is 2.29. The van der Waals surface area contributed by atoms with Crippen LogP contribution >= 0.6 is 0 Å². The van der Waals surface area contributed by atoms with Gasteiger partial charge in [-0.15, -0.1) is 0 Å². The Hall–Kier alpha value is 0.0284. The first-order valence-corrected chi connectivity index (χ1v) is 1.86. The van der Waals surface area contributed by atoms with Crippen LogP contribution < -0.4 is 0 Å². The first-order valence-electron chi connectivity index (χ1n) is 1.09. The number of hydrogen-bond donors (Lipinski definition) is 0. The average Bonchev–Trinajstić information content (AvgIpc) is 1.38. The van der Waals surface area contributed by atoms with Crippen molar-refractivity contribution in [2.75, 3.05) is 0 Å². The van der Waals surface area contributed by atoms with Crippen molar-refractivity contribution in [3.8, 4) is 0 Å². The van der Waals surface area contributed by atoms with Gasteiger partial charge in [-0.25, -0.2) is 0 Å². The van der Waals surface area contributed by atoms with Gasteiger partial charge in [0.1, 0.15) is 0 Å². The van der Waals surface area contributed by atoms with Crippen LogP contribution in [0.5, 0.6) is 0 Å². The van der Waals surface area contributed by atoms with Gasteiger partial charge >= 0.3 is 38.6 Å². The molecule has 0 bridgehead atoms. The van der Waals surface area contributed by atoms with Gasteiger partial charge in [-0.2, -0.15) is 0 Å². The van der Waals surface area contributed by atoms with E-state index in [-0.39, 0.29) is 5.97 Å². The molecule has 0 aliphatic carbocycles. The molecule has 0 rings (SSSR count). The third-order valence-electron chi connectivity index (χ3n) is 0.129. The summed E-state index contributed by atoms with van der Waals surface area (Å²) in [5.41, 5.74) is 0. The molecule has 0 unspecified atom stereocenters. The number of carbonyl (C=O) groups excluding carboxylic acids is 1. The zero-order valence-corrected chi connectivity index (χ0v) is 4.64. The van der Waals surface area contributed by atoms with E-state index in [4.69, 9.17) is 0 Å². The summed E-state index contributed by atoms with van der Waals surface area (Å²) >= 11 is 1.72. The normalized spacial score (nSPS) is 6.80. The van der Waals surface area contributed by atoms with Crippen LogP contribution in [-0.4, -0.2) is 23.2 Å². The Labute approximate surface area is 39.4 Å². The van der Waals surface area contributed by atoms with Gasteiger partial charge in [-0.3, -0.25) is 0 Å². The van der Waals surface area contributed by atoms with Crippen LogP contribution in [0.4, 0.5) is 0 Å². The Morgan fingerprint density at radius 1 is 2.00 bits per heavy atom. The van der Waals surface area contributed by atoms with Crippen molar-refractivity contribution in [3.63, 3.8) is 0 Å².